The van der Waals surface area contributed by atoms with Crippen molar-refractivity contribution in [1.82, 2.24) is 14.7 Å². The Kier molecular flexibility index (Phi) is 4.59. The fourth-order valence-corrected chi connectivity index (χ4v) is 2.61. The molecule has 2 aliphatic rings. The summed E-state index contributed by atoms with van der Waals surface area (Å²) in [7, 11) is 1.76. The Morgan fingerprint density at radius 1 is 1.20 bits per heavy atom. The zero-order valence-electron chi connectivity index (χ0n) is 11.7. The van der Waals surface area contributed by atoms with Crippen LogP contribution in [0.1, 0.15) is 12.8 Å². The molecule has 0 unspecified atom stereocenters. The van der Waals surface area contributed by atoms with Gasteiger partial charge in [0, 0.05) is 33.2 Å². The molecule has 7 heteroatoms. The van der Waals surface area contributed by atoms with Gasteiger partial charge in [0.25, 0.3) is 0 Å². The van der Waals surface area contributed by atoms with E-state index in [9.17, 15) is 14.4 Å². The predicted octanol–water partition coefficient (Wildman–Crippen LogP) is -0.916. The average Bonchev–Trinajstić information content (AvgIpc) is 2.43. The van der Waals surface area contributed by atoms with Crippen LogP contribution in [0, 0.1) is 5.92 Å². The number of carbonyl (C=O) groups excluding carboxylic acids is 2. The zero-order valence-corrected chi connectivity index (χ0v) is 11.7. The van der Waals surface area contributed by atoms with Gasteiger partial charge in [-0.15, -0.1) is 0 Å². The van der Waals surface area contributed by atoms with E-state index >= 15 is 0 Å². The van der Waals surface area contributed by atoms with Crippen LogP contribution in [0.25, 0.3) is 0 Å². The van der Waals surface area contributed by atoms with Crippen LogP contribution in [-0.4, -0.2) is 83.9 Å². The van der Waals surface area contributed by atoms with Gasteiger partial charge in [-0.05, 0) is 12.8 Å². The van der Waals surface area contributed by atoms with Crippen LogP contribution in [0.2, 0.25) is 0 Å². The van der Waals surface area contributed by atoms with E-state index in [1.807, 2.05) is 4.90 Å². The molecule has 0 aromatic heterocycles. The summed E-state index contributed by atoms with van der Waals surface area (Å²) >= 11 is 0. The molecule has 0 aromatic carbocycles. The second-order valence-electron chi connectivity index (χ2n) is 5.52. The predicted molar refractivity (Wildman–Crippen MR) is 71.0 cm³/mol. The number of carbonyl (C=O) groups is 3. The number of amides is 2. The number of piperazine rings is 1. The molecule has 0 radical (unpaired) electrons. The number of nitrogens with zero attached hydrogens (tertiary/aromatic N) is 3. The lowest BCUT2D eigenvalue weighted by Crippen LogP contribution is -2.52. The van der Waals surface area contributed by atoms with Crippen molar-refractivity contribution in [2.45, 2.75) is 12.8 Å². The fraction of sp³-hybridized carbons (Fsp3) is 0.769. The molecule has 7 nitrogen and oxygen atoms in total. The third kappa shape index (κ3) is 3.47. The molecular weight excluding hydrogens is 262 g/mol. The summed E-state index contributed by atoms with van der Waals surface area (Å²) in [5, 5.41) is 8.92. The van der Waals surface area contributed by atoms with Crippen LogP contribution >= 0.6 is 0 Å². The van der Waals surface area contributed by atoms with Gasteiger partial charge in [0.1, 0.15) is 0 Å². The maximum Gasteiger partial charge on any atom is 0.306 e. The summed E-state index contributed by atoms with van der Waals surface area (Å²) < 4.78 is 0. The van der Waals surface area contributed by atoms with Crippen LogP contribution in [0.4, 0.5) is 0 Å². The van der Waals surface area contributed by atoms with Crippen LogP contribution in [-0.2, 0) is 14.4 Å². The number of aliphatic carboxylic acids is 1. The number of rotatable bonds is 3. The molecule has 2 rings (SSSR count). The lowest BCUT2D eigenvalue weighted by Gasteiger charge is -2.35. The maximum atomic E-state index is 12.1. The van der Waals surface area contributed by atoms with Crippen molar-refractivity contribution in [2.75, 3.05) is 46.3 Å². The number of likely N-dealkylation sites (N-methyl/N-ethyl adjacent to an activating group) is 1. The third-order valence-corrected chi connectivity index (χ3v) is 4.09. The van der Waals surface area contributed by atoms with Gasteiger partial charge in [0.2, 0.25) is 11.8 Å². The Morgan fingerprint density at radius 2 is 1.85 bits per heavy atom. The van der Waals surface area contributed by atoms with E-state index in [4.69, 9.17) is 5.11 Å². The smallest absolute Gasteiger partial charge is 0.306 e. The largest absolute Gasteiger partial charge is 0.481 e. The summed E-state index contributed by atoms with van der Waals surface area (Å²) in [6.07, 6.45) is 1.03. The summed E-state index contributed by atoms with van der Waals surface area (Å²) in [5.74, 6) is -1.08. The van der Waals surface area contributed by atoms with Crippen LogP contribution < -0.4 is 0 Å². The van der Waals surface area contributed by atoms with Crippen molar-refractivity contribution in [2.24, 2.45) is 5.92 Å². The van der Waals surface area contributed by atoms with Gasteiger partial charge in [-0.2, -0.15) is 0 Å². The minimum atomic E-state index is -0.776. The van der Waals surface area contributed by atoms with E-state index in [-0.39, 0.29) is 30.8 Å². The molecule has 1 N–H and O–H groups in total. The first-order valence-corrected chi connectivity index (χ1v) is 6.94. The number of likely N-dealkylation sites (tertiary alicyclic amines) is 1. The summed E-state index contributed by atoms with van der Waals surface area (Å²) in [6, 6.07) is 0. The van der Waals surface area contributed by atoms with Gasteiger partial charge in [0.15, 0.2) is 0 Å². The van der Waals surface area contributed by atoms with E-state index < -0.39 is 5.97 Å². The number of carboxylic acids is 1. The molecule has 0 aromatic rings. The molecule has 2 fully saturated rings. The Hall–Kier alpha value is -1.63. The van der Waals surface area contributed by atoms with Crippen LogP contribution in [0.3, 0.4) is 0 Å². The summed E-state index contributed by atoms with van der Waals surface area (Å²) in [6.45, 7) is 2.88. The first-order valence-electron chi connectivity index (χ1n) is 6.94. The highest BCUT2D eigenvalue weighted by atomic mass is 16.4. The minimum absolute atomic E-state index is 0.00816. The Labute approximate surface area is 118 Å². The quantitative estimate of drug-likeness (QED) is 0.725. The van der Waals surface area contributed by atoms with Crippen molar-refractivity contribution >= 4 is 17.8 Å². The van der Waals surface area contributed by atoms with Crippen molar-refractivity contribution in [3.63, 3.8) is 0 Å². The highest BCUT2D eigenvalue weighted by Gasteiger charge is 2.29. The number of hydrogen-bond acceptors (Lipinski definition) is 4. The number of hydrogen-bond donors (Lipinski definition) is 1. The Balaban J connectivity index is 1.78. The van der Waals surface area contributed by atoms with Crippen molar-refractivity contribution in [3.8, 4) is 0 Å². The maximum absolute atomic E-state index is 12.1. The molecular formula is C13H21N3O4. The monoisotopic (exact) mass is 283 g/mol. The topological polar surface area (TPSA) is 81.2 Å². The number of carboxylic acid groups (broad SMARTS) is 1. The number of piperidine rings is 1. The van der Waals surface area contributed by atoms with Gasteiger partial charge in [0.05, 0.1) is 19.0 Å². The SMILES string of the molecule is CN1CCN(CC(=O)N2CCC(C(=O)O)CC2)CC1=O. The second-order valence-corrected chi connectivity index (χ2v) is 5.52. The lowest BCUT2D eigenvalue weighted by atomic mass is 9.97. The van der Waals surface area contributed by atoms with E-state index in [0.29, 0.717) is 39.0 Å². The highest BCUT2D eigenvalue weighted by Crippen LogP contribution is 2.17. The molecule has 2 saturated heterocycles. The molecule has 0 atom stereocenters. The summed E-state index contributed by atoms with van der Waals surface area (Å²) in [4.78, 5) is 39.8. The van der Waals surface area contributed by atoms with E-state index in [1.165, 1.54) is 0 Å². The molecule has 0 spiro atoms. The van der Waals surface area contributed by atoms with E-state index in [1.54, 1.807) is 16.8 Å². The molecule has 0 aliphatic carbocycles. The third-order valence-electron chi connectivity index (χ3n) is 4.09. The van der Waals surface area contributed by atoms with Crippen LogP contribution in [0.5, 0.6) is 0 Å². The van der Waals surface area contributed by atoms with E-state index in [0.717, 1.165) is 0 Å². The Bertz CT molecular complexity index is 404. The van der Waals surface area contributed by atoms with Crippen LogP contribution in [0.15, 0.2) is 0 Å². The molecule has 0 bridgehead atoms. The second kappa shape index (κ2) is 6.21. The zero-order chi connectivity index (χ0) is 14.7. The van der Waals surface area contributed by atoms with Crippen molar-refractivity contribution in [1.29, 1.82) is 0 Å². The first kappa shape index (κ1) is 14.8. The normalized spacial score (nSPS) is 22.1. The molecule has 20 heavy (non-hydrogen) atoms. The average molecular weight is 283 g/mol. The van der Waals surface area contributed by atoms with Gasteiger partial charge in [-0.3, -0.25) is 19.3 Å². The van der Waals surface area contributed by atoms with Gasteiger partial charge >= 0.3 is 5.97 Å². The summed E-state index contributed by atoms with van der Waals surface area (Å²) in [5.41, 5.74) is 0. The molecule has 2 heterocycles. The van der Waals surface area contributed by atoms with E-state index in [2.05, 4.69) is 0 Å². The molecule has 112 valence electrons. The standard InChI is InChI=1S/C13H21N3O4/c1-14-6-7-15(8-11(14)17)9-12(18)16-4-2-10(3-5-16)13(19)20/h10H,2-9H2,1H3,(H,19,20). The highest BCUT2D eigenvalue weighted by molar-refractivity contribution is 5.82. The van der Waals surface area contributed by atoms with Crippen molar-refractivity contribution in [3.05, 3.63) is 0 Å². The first-order chi connectivity index (χ1) is 9.47. The lowest BCUT2D eigenvalue weighted by molar-refractivity contribution is -0.146. The molecule has 2 amide bonds. The fourth-order valence-electron chi connectivity index (χ4n) is 2.61. The van der Waals surface area contributed by atoms with Crippen molar-refractivity contribution < 1.29 is 19.5 Å². The van der Waals surface area contributed by atoms with Gasteiger partial charge in [-0.25, -0.2) is 0 Å². The van der Waals surface area contributed by atoms with Gasteiger partial charge in [-0.1, -0.05) is 0 Å². The Morgan fingerprint density at radius 3 is 2.40 bits per heavy atom. The minimum Gasteiger partial charge on any atom is -0.481 e. The van der Waals surface area contributed by atoms with Gasteiger partial charge < -0.3 is 14.9 Å². The molecule has 0 saturated carbocycles. The molecule has 2 aliphatic heterocycles.